The number of amides is 1. The lowest BCUT2D eigenvalue weighted by Gasteiger charge is -2.62. The summed E-state index contributed by atoms with van der Waals surface area (Å²) in [5, 5.41) is 3.31. The first-order chi connectivity index (χ1) is 15.9. The lowest BCUT2D eigenvalue weighted by molar-refractivity contribution is -0.140. The van der Waals surface area contributed by atoms with Crippen molar-refractivity contribution in [3.63, 3.8) is 0 Å². The number of ether oxygens (including phenoxy) is 1. The molecule has 0 spiro atoms. The van der Waals surface area contributed by atoms with Gasteiger partial charge in [0.15, 0.2) is 0 Å². The SMILES string of the molecule is CCC12CCC(COC)CC1CCC1C3CCC(C(=O)Nc4ccccc4C)C3(C)CCC12. The van der Waals surface area contributed by atoms with Crippen molar-refractivity contribution in [1.29, 1.82) is 0 Å². The third-order valence-electron chi connectivity index (χ3n) is 11.3. The smallest absolute Gasteiger partial charge is 0.228 e. The van der Waals surface area contributed by atoms with E-state index in [-0.39, 0.29) is 17.2 Å². The van der Waals surface area contributed by atoms with Crippen LogP contribution in [0.15, 0.2) is 24.3 Å². The molecule has 4 aliphatic rings. The van der Waals surface area contributed by atoms with E-state index in [1.807, 2.05) is 25.3 Å². The van der Waals surface area contributed by atoms with Crippen LogP contribution < -0.4 is 5.32 Å². The average molecular weight is 452 g/mol. The monoisotopic (exact) mass is 451 g/mol. The molecule has 4 fully saturated rings. The molecular formula is C30H45NO2. The van der Waals surface area contributed by atoms with E-state index in [2.05, 4.69) is 32.2 Å². The van der Waals surface area contributed by atoms with Crippen molar-refractivity contribution < 1.29 is 9.53 Å². The van der Waals surface area contributed by atoms with Gasteiger partial charge in [0.2, 0.25) is 5.91 Å². The number of benzene rings is 1. The minimum absolute atomic E-state index is 0.163. The molecule has 3 nitrogen and oxygen atoms in total. The first-order valence-electron chi connectivity index (χ1n) is 13.8. The number of carbonyl (C=O) groups excluding carboxylic acids is 1. The summed E-state index contributed by atoms with van der Waals surface area (Å²) < 4.78 is 5.55. The van der Waals surface area contributed by atoms with Crippen LogP contribution in [0.4, 0.5) is 5.69 Å². The van der Waals surface area contributed by atoms with Gasteiger partial charge < -0.3 is 10.1 Å². The van der Waals surface area contributed by atoms with Crippen molar-refractivity contribution >= 4 is 11.6 Å². The molecular weight excluding hydrogens is 406 g/mol. The van der Waals surface area contributed by atoms with Crippen LogP contribution in [0, 0.1) is 53.3 Å². The molecule has 8 atom stereocenters. The van der Waals surface area contributed by atoms with Crippen LogP contribution in [0.5, 0.6) is 0 Å². The van der Waals surface area contributed by atoms with Crippen molar-refractivity contribution in [1.82, 2.24) is 0 Å². The first-order valence-corrected chi connectivity index (χ1v) is 13.8. The summed E-state index contributed by atoms with van der Waals surface area (Å²) >= 11 is 0. The van der Waals surface area contributed by atoms with Crippen molar-refractivity contribution in [2.24, 2.45) is 46.3 Å². The second-order valence-electron chi connectivity index (χ2n) is 12.3. The summed E-state index contributed by atoms with van der Waals surface area (Å²) in [6.07, 6.45) is 13.2. The molecule has 1 N–H and O–H groups in total. The van der Waals surface area contributed by atoms with Gasteiger partial charge in [-0.1, -0.05) is 32.0 Å². The van der Waals surface area contributed by atoms with E-state index in [9.17, 15) is 4.79 Å². The average Bonchev–Trinajstić information content (AvgIpc) is 3.18. The fourth-order valence-electron chi connectivity index (χ4n) is 9.60. The van der Waals surface area contributed by atoms with Gasteiger partial charge >= 0.3 is 0 Å². The molecule has 0 aromatic heterocycles. The zero-order valence-corrected chi connectivity index (χ0v) is 21.4. The highest BCUT2D eigenvalue weighted by Gasteiger charge is 2.61. The second-order valence-corrected chi connectivity index (χ2v) is 12.3. The Morgan fingerprint density at radius 3 is 2.64 bits per heavy atom. The summed E-state index contributed by atoms with van der Waals surface area (Å²) in [6.45, 7) is 7.99. The topological polar surface area (TPSA) is 38.3 Å². The predicted molar refractivity (Wildman–Crippen MR) is 135 cm³/mol. The largest absolute Gasteiger partial charge is 0.384 e. The molecule has 3 heteroatoms. The van der Waals surface area contributed by atoms with Crippen LogP contribution in [0.3, 0.4) is 0 Å². The quantitative estimate of drug-likeness (QED) is 0.512. The molecule has 0 heterocycles. The van der Waals surface area contributed by atoms with Gasteiger partial charge in [-0.2, -0.15) is 0 Å². The molecule has 8 unspecified atom stereocenters. The van der Waals surface area contributed by atoms with Crippen molar-refractivity contribution in [3.8, 4) is 0 Å². The Kier molecular flexibility index (Phi) is 6.40. The zero-order chi connectivity index (χ0) is 23.2. The van der Waals surface area contributed by atoms with Crippen LogP contribution in [0.25, 0.3) is 0 Å². The maximum Gasteiger partial charge on any atom is 0.228 e. The third kappa shape index (κ3) is 3.77. The van der Waals surface area contributed by atoms with E-state index in [1.54, 1.807) is 0 Å². The Balaban J connectivity index is 1.34. The molecule has 0 saturated heterocycles. The van der Waals surface area contributed by atoms with E-state index in [0.29, 0.717) is 5.41 Å². The van der Waals surface area contributed by atoms with Gasteiger partial charge in [-0.3, -0.25) is 4.79 Å². The van der Waals surface area contributed by atoms with Crippen molar-refractivity contribution in [3.05, 3.63) is 29.8 Å². The minimum atomic E-state index is 0.163. The zero-order valence-electron chi connectivity index (χ0n) is 21.4. The molecule has 0 bridgehead atoms. The molecule has 182 valence electrons. The van der Waals surface area contributed by atoms with E-state index >= 15 is 0 Å². The first kappa shape index (κ1) is 23.4. The number of carbonyl (C=O) groups is 1. The summed E-state index contributed by atoms with van der Waals surface area (Å²) in [6, 6.07) is 8.20. The fraction of sp³-hybridized carbons (Fsp3) is 0.767. The number of methoxy groups -OCH3 is 1. The molecule has 1 aromatic carbocycles. The summed E-state index contributed by atoms with van der Waals surface area (Å²) in [5.41, 5.74) is 2.86. The Morgan fingerprint density at radius 1 is 1.06 bits per heavy atom. The highest BCUT2D eigenvalue weighted by Crippen LogP contribution is 2.68. The van der Waals surface area contributed by atoms with Crippen LogP contribution >= 0.6 is 0 Å². The Morgan fingerprint density at radius 2 is 1.88 bits per heavy atom. The fourth-order valence-corrected chi connectivity index (χ4v) is 9.60. The van der Waals surface area contributed by atoms with Crippen molar-refractivity contribution in [2.75, 3.05) is 19.0 Å². The maximum atomic E-state index is 13.5. The number of hydrogen-bond acceptors (Lipinski definition) is 2. The molecule has 5 rings (SSSR count). The molecule has 1 amide bonds. The minimum Gasteiger partial charge on any atom is -0.384 e. The van der Waals surface area contributed by atoms with E-state index in [0.717, 1.165) is 53.9 Å². The highest BCUT2D eigenvalue weighted by atomic mass is 16.5. The number of fused-ring (bicyclic) bond motifs is 5. The normalized spacial score (nSPS) is 42.2. The Bertz CT molecular complexity index is 867. The van der Waals surface area contributed by atoms with Gasteiger partial charge in [0.1, 0.15) is 0 Å². The Labute approximate surface area is 201 Å². The number of anilines is 1. The number of nitrogens with one attached hydrogen (secondary N) is 1. The van der Waals surface area contributed by atoms with Gasteiger partial charge in [-0.25, -0.2) is 0 Å². The Hall–Kier alpha value is -1.35. The van der Waals surface area contributed by atoms with Crippen LogP contribution in [0.1, 0.15) is 83.6 Å². The number of rotatable bonds is 5. The van der Waals surface area contributed by atoms with Gasteiger partial charge in [-0.05, 0) is 123 Å². The molecule has 33 heavy (non-hydrogen) atoms. The number of hydrogen-bond donors (Lipinski definition) is 1. The molecule has 4 aliphatic carbocycles. The van der Waals surface area contributed by atoms with Crippen LogP contribution in [0.2, 0.25) is 0 Å². The maximum absolute atomic E-state index is 13.5. The number of aryl methyl sites for hydroxylation is 1. The molecule has 0 radical (unpaired) electrons. The van der Waals surface area contributed by atoms with Gasteiger partial charge in [0.05, 0.1) is 0 Å². The predicted octanol–water partition coefficient (Wildman–Crippen LogP) is 7.25. The standard InChI is InChI=1S/C30H45NO2/c1-5-30-17-14-21(19-33-4)18-22(30)10-11-23-24-12-13-26(29(24,3)16-15-25(23)30)28(32)31-27-9-7-6-8-20(27)2/h6-9,21-26H,5,10-19H2,1-4H3,(H,31,32). The van der Waals surface area contributed by atoms with Gasteiger partial charge in [0, 0.05) is 25.3 Å². The van der Waals surface area contributed by atoms with Crippen molar-refractivity contribution in [2.45, 2.75) is 85.0 Å². The lowest BCUT2D eigenvalue weighted by atomic mass is 9.43. The van der Waals surface area contributed by atoms with Gasteiger partial charge in [-0.15, -0.1) is 0 Å². The lowest BCUT2D eigenvalue weighted by Crippen LogP contribution is -2.55. The summed E-state index contributed by atoms with van der Waals surface area (Å²) in [5.74, 6) is 4.53. The third-order valence-corrected chi connectivity index (χ3v) is 11.3. The van der Waals surface area contributed by atoms with Crippen LogP contribution in [-0.2, 0) is 9.53 Å². The number of para-hydroxylation sites is 1. The second kappa shape index (κ2) is 9.02. The van der Waals surface area contributed by atoms with E-state index in [4.69, 9.17) is 4.74 Å². The molecule has 0 aliphatic heterocycles. The highest BCUT2D eigenvalue weighted by molar-refractivity contribution is 5.94. The van der Waals surface area contributed by atoms with E-state index < -0.39 is 0 Å². The van der Waals surface area contributed by atoms with Gasteiger partial charge in [0.25, 0.3) is 0 Å². The summed E-state index contributed by atoms with van der Waals surface area (Å²) in [4.78, 5) is 13.5. The molecule has 4 saturated carbocycles. The summed E-state index contributed by atoms with van der Waals surface area (Å²) in [7, 11) is 1.87. The van der Waals surface area contributed by atoms with E-state index in [1.165, 1.54) is 57.8 Å². The molecule has 1 aromatic rings. The van der Waals surface area contributed by atoms with Crippen LogP contribution in [-0.4, -0.2) is 19.6 Å².